The highest BCUT2D eigenvalue weighted by Crippen LogP contribution is 2.35. The number of sulfonamides is 1. The maximum Gasteiger partial charge on any atom is 0.238 e. The number of nitrogens with two attached hydrogens (primary N) is 1. The summed E-state index contributed by atoms with van der Waals surface area (Å²) >= 11 is 12.0. The lowest BCUT2D eigenvalue weighted by atomic mass is 10.1. The van der Waals surface area contributed by atoms with Crippen LogP contribution in [-0.2, 0) is 10.0 Å². The average Bonchev–Trinajstić information content (AvgIpc) is 2.39. The van der Waals surface area contributed by atoms with Crippen LogP contribution in [0.2, 0.25) is 10.0 Å². The molecule has 0 atom stereocenters. The molecule has 0 heterocycles. The van der Waals surface area contributed by atoms with E-state index in [2.05, 4.69) is 6.92 Å². The normalized spacial score (nSPS) is 11.6. The third kappa shape index (κ3) is 6.43. The summed E-state index contributed by atoms with van der Waals surface area (Å²) in [7, 11) is -3.83. The molecule has 0 saturated heterocycles. The number of unbranched alkanes of at least 4 members (excludes halogenated alkanes) is 5. The fraction of sp³-hybridized carbons (Fsp3) is 0.571. The predicted molar refractivity (Wildman–Crippen MR) is 86.7 cm³/mol. The Kier molecular flexibility index (Phi) is 7.81. The SMILES string of the molecule is CCCCCCCCOc1c(Cl)cc(S(N)(=O)=O)cc1Cl. The molecule has 4 nitrogen and oxygen atoms in total. The lowest BCUT2D eigenvalue weighted by Crippen LogP contribution is -2.12. The molecule has 0 aliphatic rings. The van der Waals surface area contributed by atoms with E-state index in [1.165, 1.54) is 37.8 Å². The van der Waals surface area contributed by atoms with Crippen LogP contribution in [-0.4, -0.2) is 15.0 Å². The summed E-state index contributed by atoms with van der Waals surface area (Å²) in [4.78, 5) is -0.121. The summed E-state index contributed by atoms with van der Waals surface area (Å²) in [5.74, 6) is 0.305. The van der Waals surface area contributed by atoms with Crippen LogP contribution in [0.15, 0.2) is 17.0 Å². The van der Waals surface area contributed by atoms with Crippen molar-refractivity contribution in [3.8, 4) is 5.75 Å². The van der Waals surface area contributed by atoms with Gasteiger partial charge in [-0.3, -0.25) is 0 Å². The van der Waals surface area contributed by atoms with Crippen LogP contribution in [0.4, 0.5) is 0 Å². The van der Waals surface area contributed by atoms with Gasteiger partial charge in [0.2, 0.25) is 10.0 Å². The van der Waals surface area contributed by atoms with Crippen molar-refractivity contribution >= 4 is 33.2 Å². The first-order chi connectivity index (χ1) is 9.86. The van der Waals surface area contributed by atoms with Gasteiger partial charge in [-0.05, 0) is 18.6 Å². The molecular formula is C14H21Cl2NO3S. The topological polar surface area (TPSA) is 69.4 Å². The molecule has 1 aromatic rings. The van der Waals surface area contributed by atoms with E-state index in [-0.39, 0.29) is 14.9 Å². The maximum absolute atomic E-state index is 11.3. The Morgan fingerprint density at radius 1 is 1.05 bits per heavy atom. The van der Waals surface area contributed by atoms with E-state index in [1.54, 1.807) is 0 Å². The van der Waals surface area contributed by atoms with Crippen LogP contribution in [0.5, 0.6) is 5.75 Å². The Hall–Kier alpha value is -0.490. The fourth-order valence-corrected chi connectivity index (χ4v) is 3.19. The van der Waals surface area contributed by atoms with E-state index in [1.807, 2.05) is 0 Å². The summed E-state index contributed by atoms with van der Waals surface area (Å²) in [6, 6.07) is 2.50. The number of hydrogen-bond acceptors (Lipinski definition) is 3. The fourth-order valence-electron chi connectivity index (χ4n) is 1.90. The Morgan fingerprint density at radius 3 is 2.10 bits per heavy atom. The van der Waals surface area contributed by atoms with Crippen LogP contribution in [0, 0.1) is 0 Å². The van der Waals surface area contributed by atoms with E-state index < -0.39 is 10.0 Å². The van der Waals surface area contributed by atoms with Crippen molar-refractivity contribution in [3.63, 3.8) is 0 Å². The van der Waals surface area contributed by atoms with Crippen molar-refractivity contribution in [3.05, 3.63) is 22.2 Å². The van der Waals surface area contributed by atoms with Gasteiger partial charge in [-0.2, -0.15) is 0 Å². The molecule has 21 heavy (non-hydrogen) atoms. The molecular weight excluding hydrogens is 333 g/mol. The molecule has 0 spiro atoms. The monoisotopic (exact) mass is 353 g/mol. The number of rotatable bonds is 9. The van der Waals surface area contributed by atoms with Crippen molar-refractivity contribution in [1.29, 1.82) is 0 Å². The Labute approximate surface area is 136 Å². The molecule has 0 saturated carbocycles. The highest BCUT2D eigenvalue weighted by molar-refractivity contribution is 7.89. The minimum atomic E-state index is -3.83. The lowest BCUT2D eigenvalue weighted by molar-refractivity contribution is 0.304. The third-order valence-electron chi connectivity index (χ3n) is 3.04. The second kappa shape index (κ2) is 8.83. The Morgan fingerprint density at radius 2 is 1.57 bits per heavy atom. The summed E-state index contributed by atoms with van der Waals surface area (Å²) < 4.78 is 28.0. The zero-order chi connectivity index (χ0) is 15.9. The van der Waals surface area contributed by atoms with Crippen LogP contribution in [0.3, 0.4) is 0 Å². The van der Waals surface area contributed by atoms with Gasteiger partial charge in [0.25, 0.3) is 0 Å². The molecule has 0 aliphatic heterocycles. The lowest BCUT2D eigenvalue weighted by Gasteiger charge is -2.11. The van der Waals surface area contributed by atoms with Crippen molar-refractivity contribution in [1.82, 2.24) is 0 Å². The highest BCUT2D eigenvalue weighted by Gasteiger charge is 2.15. The smallest absolute Gasteiger partial charge is 0.238 e. The Balaban J connectivity index is 2.53. The molecule has 7 heteroatoms. The minimum absolute atomic E-state index is 0.121. The van der Waals surface area contributed by atoms with Gasteiger partial charge < -0.3 is 4.74 Å². The summed E-state index contributed by atoms with van der Waals surface area (Å²) in [6.45, 7) is 2.68. The van der Waals surface area contributed by atoms with E-state index >= 15 is 0 Å². The summed E-state index contributed by atoms with van der Waals surface area (Å²) in [5, 5.41) is 5.34. The van der Waals surface area contributed by atoms with Gasteiger partial charge in [0.1, 0.15) is 0 Å². The number of ether oxygens (including phenoxy) is 1. The van der Waals surface area contributed by atoms with Gasteiger partial charge in [-0.15, -0.1) is 0 Å². The minimum Gasteiger partial charge on any atom is -0.490 e. The van der Waals surface area contributed by atoms with Gasteiger partial charge in [-0.25, -0.2) is 13.6 Å². The van der Waals surface area contributed by atoms with Crippen molar-refractivity contribution in [2.24, 2.45) is 5.14 Å². The average molecular weight is 354 g/mol. The van der Waals surface area contributed by atoms with Crippen molar-refractivity contribution < 1.29 is 13.2 Å². The van der Waals surface area contributed by atoms with Crippen LogP contribution in [0.1, 0.15) is 45.4 Å². The first-order valence-corrected chi connectivity index (χ1v) is 9.31. The summed E-state index contributed by atoms with van der Waals surface area (Å²) in [6.07, 6.45) is 6.90. The second-order valence-electron chi connectivity index (χ2n) is 4.88. The van der Waals surface area contributed by atoms with Crippen LogP contribution < -0.4 is 9.88 Å². The molecule has 0 unspecified atom stereocenters. The second-order valence-corrected chi connectivity index (χ2v) is 7.25. The van der Waals surface area contributed by atoms with Crippen molar-refractivity contribution in [2.45, 2.75) is 50.3 Å². The summed E-state index contributed by atoms with van der Waals surface area (Å²) in [5.41, 5.74) is 0. The van der Waals surface area contributed by atoms with Crippen LogP contribution in [0.25, 0.3) is 0 Å². The van der Waals surface area contributed by atoms with Gasteiger partial charge in [-0.1, -0.05) is 62.2 Å². The van der Waals surface area contributed by atoms with E-state index in [0.29, 0.717) is 12.4 Å². The zero-order valence-electron chi connectivity index (χ0n) is 12.1. The van der Waals surface area contributed by atoms with Crippen molar-refractivity contribution in [2.75, 3.05) is 6.61 Å². The first kappa shape index (κ1) is 18.6. The predicted octanol–water partition coefficient (Wildman–Crippen LogP) is 4.38. The molecule has 0 radical (unpaired) electrons. The molecule has 0 amide bonds. The number of halogens is 2. The number of benzene rings is 1. The molecule has 0 aliphatic carbocycles. The molecule has 1 aromatic carbocycles. The Bertz CT molecular complexity index is 538. The molecule has 1 rings (SSSR count). The molecule has 120 valence electrons. The van der Waals surface area contributed by atoms with E-state index in [9.17, 15) is 8.42 Å². The largest absolute Gasteiger partial charge is 0.490 e. The standard InChI is InChI=1S/C14H21Cl2NO3S/c1-2-3-4-5-6-7-8-20-14-12(15)9-11(10-13(14)16)21(17,18)19/h9-10H,2-8H2,1H3,(H2,17,18,19). The number of hydrogen-bond donors (Lipinski definition) is 1. The quantitative estimate of drug-likeness (QED) is 0.669. The number of primary sulfonamides is 1. The van der Waals surface area contributed by atoms with Gasteiger partial charge >= 0.3 is 0 Å². The molecule has 0 fully saturated rings. The third-order valence-corrected chi connectivity index (χ3v) is 4.50. The molecule has 2 N–H and O–H groups in total. The van der Waals surface area contributed by atoms with Crippen LogP contribution >= 0.6 is 23.2 Å². The van der Waals surface area contributed by atoms with E-state index in [4.69, 9.17) is 33.1 Å². The molecule has 0 bridgehead atoms. The van der Waals surface area contributed by atoms with E-state index in [0.717, 1.165) is 12.8 Å². The first-order valence-electron chi connectivity index (χ1n) is 7.01. The zero-order valence-corrected chi connectivity index (χ0v) is 14.4. The van der Waals surface area contributed by atoms with Gasteiger partial charge in [0.05, 0.1) is 21.5 Å². The maximum atomic E-state index is 11.3. The molecule has 0 aromatic heterocycles. The van der Waals surface area contributed by atoms with Gasteiger partial charge in [0, 0.05) is 0 Å². The van der Waals surface area contributed by atoms with Gasteiger partial charge in [0.15, 0.2) is 5.75 Å². The highest BCUT2D eigenvalue weighted by atomic mass is 35.5.